The number of hydrogen-bond acceptors (Lipinski definition) is 4. The summed E-state index contributed by atoms with van der Waals surface area (Å²) in [4.78, 5) is 40.1. The number of H-pyrrole nitrogens is 1. The third-order valence-electron chi connectivity index (χ3n) is 5.72. The second kappa shape index (κ2) is 9.58. The van der Waals surface area contributed by atoms with Gasteiger partial charge in [-0.2, -0.15) is 0 Å². The normalized spacial score (nSPS) is 13.8. The van der Waals surface area contributed by atoms with Gasteiger partial charge in [0.25, 0.3) is 5.91 Å². The van der Waals surface area contributed by atoms with Gasteiger partial charge in [0.05, 0.1) is 17.8 Å². The van der Waals surface area contributed by atoms with Crippen LogP contribution in [0, 0.1) is 17.5 Å². The lowest BCUT2D eigenvalue weighted by Gasteiger charge is -2.14. The van der Waals surface area contributed by atoms with E-state index in [-0.39, 0.29) is 0 Å². The van der Waals surface area contributed by atoms with Gasteiger partial charge in [-0.15, -0.1) is 0 Å². The number of ether oxygens (including phenoxy) is 1. The van der Waals surface area contributed by atoms with Crippen molar-refractivity contribution in [3.63, 3.8) is 0 Å². The maximum absolute atomic E-state index is 13.6. The third-order valence-corrected chi connectivity index (χ3v) is 5.72. The lowest BCUT2D eigenvalue weighted by atomic mass is 9.95. The summed E-state index contributed by atoms with van der Waals surface area (Å²) in [6, 6.07) is 6.68. The largest absolute Gasteiger partial charge is 0.449 e. The molecule has 0 radical (unpaired) electrons. The van der Waals surface area contributed by atoms with Crippen LogP contribution in [0.5, 0.6) is 0 Å². The molecule has 0 bridgehead atoms. The molecule has 4 rings (SSSR count). The molecule has 2 aromatic carbocycles. The molecule has 0 saturated carbocycles. The van der Waals surface area contributed by atoms with Crippen molar-refractivity contribution in [2.75, 3.05) is 11.9 Å². The van der Waals surface area contributed by atoms with E-state index in [1.165, 1.54) is 18.2 Å². The molecule has 1 atom stereocenters. The Labute approximate surface area is 192 Å². The highest BCUT2D eigenvalue weighted by molar-refractivity contribution is 5.98. The van der Waals surface area contributed by atoms with Gasteiger partial charge in [-0.3, -0.25) is 9.59 Å². The third kappa shape index (κ3) is 4.75. The van der Waals surface area contributed by atoms with E-state index in [9.17, 15) is 27.6 Å². The molecule has 1 aliphatic carbocycles. The van der Waals surface area contributed by atoms with Gasteiger partial charge in [0.15, 0.2) is 23.6 Å². The fourth-order valence-electron chi connectivity index (χ4n) is 3.94. The van der Waals surface area contributed by atoms with Crippen molar-refractivity contribution < 1.29 is 32.3 Å². The fraction of sp³-hybridized carbons (Fsp3) is 0.292. The van der Waals surface area contributed by atoms with Crippen molar-refractivity contribution in [1.29, 1.82) is 0 Å². The molecule has 34 heavy (non-hydrogen) atoms. The Balaban J connectivity index is 1.33. The van der Waals surface area contributed by atoms with E-state index < -0.39 is 53.6 Å². The minimum Gasteiger partial charge on any atom is -0.449 e. The van der Waals surface area contributed by atoms with Crippen molar-refractivity contribution in [3.05, 3.63) is 64.6 Å². The summed E-state index contributed by atoms with van der Waals surface area (Å²) in [6.07, 6.45) is 2.90. The molecule has 3 N–H and O–H groups in total. The summed E-state index contributed by atoms with van der Waals surface area (Å²) in [7, 11) is 0. The maximum Gasteiger partial charge on any atom is 0.338 e. The monoisotopic (exact) mass is 473 g/mol. The van der Waals surface area contributed by atoms with Crippen LogP contribution in [0.25, 0.3) is 10.9 Å². The summed E-state index contributed by atoms with van der Waals surface area (Å²) >= 11 is 0. The molecule has 0 spiro atoms. The quantitative estimate of drug-likeness (QED) is 0.375. The number of rotatable bonds is 6. The highest BCUT2D eigenvalue weighted by Crippen LogP contribution is 2.30. The van der Waals surface area contributed by atoms with Crippen LogP contribution >= 0.6 is 0 Å². The number of anilines is 1. The van der Waals surface area contributed by atoms with Crippen molar-refractivity contribution in [2.45, 2.75) is 38.7 Å². The molecule has 2 amide bonds. The molecule has 1 aromatic heterocycles. The molecule has 7 nitrogen and oxygen atoms in total. The van der Waals surface area contributed by atoms with Gasteiger partial charge in [-0.05, 0) is 68.5 Å². The van der Waals surface area contributed by atoms with Crippen molar-refractivity contribution in [3.8, 4) is 0 Å². The molecule has 1 unspecified atom stereocenters. The van der Waals surface area contributed by atoms with Crippen molar-refractivity contribution >= 4 is 34.4 Å². The van der Waals surface area contributed by atoms with Crippen LogP contribution in [-0.4, -0.2) is 35.4 Å². The average Bonchev–Trinajstić information content (AvgIpc) is 3.20. The number of amides is 2. The number of fused-ring (bicyclic) bond motifs is 3. The van der Waals surface area contributed by atoms with Crippen molar-refractivity contribution in [1.82, 2.24) is 10.3 Å². The maximum atomic E-state index is 13.6. The Hall–Kier alpha value is -3.82. The van der Waals surface area contributed by atoms with Gasteiger partial charge < -0.3 is 20.4 Å². The van der Waals surface area contributed by atoms with Crippen LogP contribution in [-0.2, 0) is 27.2 Å². The summed E-state index contributed by atoms with van der Waals surface area (Å²) in [5.41, 5.74) is 3.05. The smallest absolute Gasteiger partial charge is 0.338 e. The predicted molar refractivity (Wildman–Crippen MR) is 118 cm³/mol. The molecular formula is C24H22F3N3O4. The van der Waals surface area contributed by atoms with E-state index in [0.29, 0.717) is 11.6 Å². The highest BCUT2D eigenvalue weighted by Gasteiger charge is 2.22. The number of aryl methyl sites for hydroxylation is 2. The van der Waals surface area contributed by atoms with Gasteiger partial charge in [0.2, 0.25) is 5.91 Å². The average molecular weight is 473 g/mol. The summed E-state index contributed by atoms with van der Waals surface area (Å²) in [5, 5.41) is 5.24. The Morgan fingerprint density at radius 1 is 1.06 bits per heavy atom. The lowest BCUT2D eigenvalue weighted by molar-refractivity contribution is -0.130. The van der Waals surface area contributed by atoms with Gasteiger partial charge >= 0.3 is 5.97 Å². The fourth-order valence-corrected chi connectivity index (χ4v) is 3.94. The number of hydrogen-bond donors (Lipinski definition) is 3. The molecule has 0 saturated heterocycles. The zero-order chi connectivity index (χ0) is 24.4. The van der Waals surface area contributed by atoms with E-state index in [2.05, 4.69) is 10.3 Å². The molecule has 1 aliphatic rings. The minimum atomic E-state index is -1.72. The Morgan fingerprint density at radius 3 is 2.62 bits per heavy atom. The van der Waals surface area contributed by atoms with Gasteiger partial charge in [-0.1, -0.05) is 0 Å². The first-order valence-corrected chi connectivity index (χ1v) is 10.8. The molecule has 0 aliphatic heterocycles. The van der Waals surface area contributed by atoms with Crippen molar-refractivity contribution in [2.24, 2.45) is 0 Å². The zero-order valence-electron chi connectivity index (χ0n) is 18.3. The van der Waals surface area contributed by atoms with Crippen LogP contribution in [0.3, 0.4) is 0 Å². The molecular weight excluding hydrogens is 451 g/mol. The zero-order valence-corrected chi connectivity index (χ0v) is 18.3. The minimum absolute atomic E-state index is 0.297. The first-order valence-electron chi connectivity index (χ1n) is 10.8. The van der Waals surface area contributed by atoms with Gasteiger partial charge in [0.1, 0.15) is 0 Å². The van der Waals surface area contributed by atoms with Gasteiger partial charge in [0, 0.05) is 16.6 Å². The molecule has 3 aromatic rings. The molecule has 10 heteroatoms. The topological polar surface area (TPSA) is 100 Å². The SMILES string of the molecule is CC(OC(=O)c1ccc2[nH]c3c(c2c1)CCCC3)C(=O)NCC(=O)Nc1ccc(F)c(F)c1F. The standard InChI is InChI=1S/C24H22F3N3O4/c1-12(23(32)28-11-20(31)30-19-9-7-16(25)21(26)22(19)27)34-24(33)13-6-8-18-15(10-13)14-4-2-3-5-17(14)29-18/h6-10,12,29H,2-5,11H2,1H3,(H,28,32)(H,30,31). The van der Waals surface area contributed by atoms with Crippen LogP contribution in [0.15, 0.2) is 30.3 Å². The Bertz CT molecular complexity index is 1290. The Kier molecular flexibility index (Phi) is 6.58. The summed E-state index contributed by atoms with van der Waals surface area (Å²) in [5.74, 6) is -6.99. The molecule has 1 heterocycles. The second-order valence-corrected chi connectivity index (χ2v) is 8.09. The first-order chi connectivity index (χ1) is 16.2. The lowest BCUT2D eigenvalue weighted by Crippen LogP contribution is -2.40. The number of halogens is 3. The number of benzene rings is 2. The summed E-state index contributed by atoms with van der Waals surface area (Å²) < 4.78 is 45.1. The predicted octanol–water partition coefficient (Wildman–Crippen LogP) is 3.76. The van der Waals surface area contributed by atoms with E-state index in [4.69, 9.17) is 4.74 Å². The first kappa shape index (κ1) is 23.3. The van der Waals surface area contributed by atoms with Crippen LogP contribution in [0.2, 0.25) is 0 Å². The Morgan fingerprint density at radius 2 is 1.82 bits per heavy atom. The number of carbonyl (C=O) groups is 3. The van der Waals surface area contributed by atoms with E-state index >= 15 is 0 Å². The number of aromatic nitrogens is 1. The second-order valence-electron chi connectivity index (χ2n) is 8.09. The number of esters is 1. The molecule has 0 fully saturated rings. The summed E-state index contributed by atoms with van der Waals surface area (Å²) in [6.45, 7) is 0.747. The van der Waals surface area contributed by atoms with Crippen LogP contribution < -0.4 is 10.6 Å². The van der Waals surface area contributed by atoms with Crippen LogP contribution in [0.4, 0.5) is 18.9 Å². The molecule has 178 valence electrons. The highest BCUT2D eigenvalue weighted by atomic mass is 19.2. The van der Waals surface area contributed by atoms with Gasteiger partial charge in [-0.25, -0.2) is 18.0 Å². The van der Waals surface area contributed by atoms with E-state index in [1.807, 2.05) is 5.32 Å². The van der Waals surface area contributed by atoms with Crippen LogP contribution in [0.1, 0.15) is 41.4 Å². The van der Waals surface area contributed by atoms with E-state index in [0.717, 1.165) is 42.7 Å². The number of carbonyl (C=O) groups excluding carboxylic acids is 3. The van der Waals surface area contributed by atoms with E-state index in [1.54, 1.807) is 18.2 Å². The number of nitrogens with one attached hydrogen (secondary N) is 3. The number of aromatic amines is 1.